The number of nitrogens with zero attached hydrogens (tertiary/aromatic N) is 1. The molecule has 1 amide bonds. The predicted molar refractivity (Wildman–Crippen MR) is 71.0 cm³/mol. The Kier molecular flexibility index (Phi) is 6.52. The van der Waals surface area contributed by atoms with Crippen LogP contribution < -0.4 is 10.6 Å². The van der Waals surface area contributed by atoms with Gasteiger partial charge in [-0.25, -0.2) is 0 Å². The van der Waals surface area contributed by atoms with Crippen molar-refractivity contribution in [2.24, 2.45) is 0 Å². The number of likely N-dealkylation sites (N-methyl/N-ethyl adjacent to an activating group) is 2. The molecule has 0 aromatic carbocycles. The minimum absolute atomic E-state index is 0.124. The van der Waals surface area contributed by atoms with Crippen LogP contribution in [-0.2, 0) is 4.79 Å². The van der Waals surface area contributed by atoms with Crippen LogP contribution in [0.1, 0.15) is 39.5 Å². The first kappa shape index (κ1) is 14.5. The van der Waals surface area contributed by atoms with Gasteiger partial charge in [0.2, 0.25) is 5.91 Å². The van der Waals surface area contributed by atoms with E-state index in [4.69, 9.17) is 0 Å². The van der Waals surface area contributed by atoms with Crippen molar-refractivity contribution in [3.8, 4) is 0 Å². The van der Waals surface area contributed by atoms with Gasteiger partial charge in [0.05, 0.1) is 6.54 Å². The Balaban J connectivity index is 2.25. The molecule has 1 saturated heterocycles. The van der Waals surface area contributed by atoms with E-state index in [0.29, 0.717) is 25.2 Å². The number of carbonyl (C=O) groups excluding carboxylic acids is 1. The van der Waals surface area contributed by atoms with Crippen LogP contribution in [0.3, 0.4) is 0 Å². The summed E-state index contributed by atoms with van der Waals surface area (Å²) in [4.78, 5) is 13.6. The average molecular weight is 241 g/mol. The first-order valence-corrected chi connectivity index (χ1v) is 6.83. The lowest BCUT2D eigenvalue weighted by Gasteiger charge is -2.30. The lowest BCUT2D eigenvalue weighted by molar-refractivity contribution is -0.122. The number of hydrogen-bond acceptors (Lipinski definition) is 3. The van der Waals surface area contributed by atoms with E-state index >= 15 is 0 Å². The minimum atomic E-state index is 0.124. The molecule has 0 aromatic rings. The van der Waals surface area contributed by atoms with Gasteiger partial charge in [0, 0.05) is 18.6 Å². The highest BCUT2D eigenvalue weighted by molar-refractivity contribution is 5.77. The molecule has 1 aliphatic heterocycles. The molecular formula is C13H27N3O. The van der Waals surface area contributed by atoms with Crippen LogP contribution in [0.2, 0.25) is 0 Å². The molecule has 1 fully saturated rings. The molecule has 17 heavy (non-hydrogen) atoms. The van der Waals surface area contributed by atoms with Gasteiger partial charge in [-0.1, -0.05) is 6.42 Å². The summed E-state index contributed by atoms with van der Waals surface area (Å²) in [5.41, 5.74) is 0. The van der Waals surface area contributed by atoms with Crippen LogP contribution in [0.15, 0.2) is 0 Å². The van der Waals surface area contributed by atoms with Gasteiger partial charge in [0.1, 0.15) is 0 Å². The molecule has 2 N–H and O–H groups in total. The third-order valence-corrected chi connectivity index (χ3v) is 3.56. The van der Waals surface area contributed by atoms with Crippen molar-refractivity contribution in [2.45, 2.75) is 51.6 Å². The van der Waals surface area contributed by atoms with Crippen LogP contribution in [0.25, 0.3) is 0 Å². The van der Waals surface area contributed by atoms with Crippen LogP contribution in [0.5, 0.6) is 0 Å². The molecule has 100 valence electrons. The summed E-state index contributed by atoms with van der Waals surface area (Å²) >= 11 is 0. The highest BCUT2D eigenvalue weighted by atomic mass is 16.2. The summed E-state index contributed by atoms with van der Waals surface area (Å²) in [7, 11) is 2.03. The van der Waals surface area contributed by atoms with Gasteiger partial charge in [-0.2, -0.15) is 0 Å². The molecule has 4 heteroatoms. The van der Waals surface area contributed by atoms with E-state index in [9.17, 15) is 4.79 Å². The first-order chi connectivity index (χ1) is 8.13. The van der Waals surface area contributed by atoms with E-state index in [-0.39, 0.29) is 5.91 Å². The van der Waals surface area contributed by atoms with E-state index in [2.05, 4.69) is 22.5 Å². The summed E-state index contributed by atoms with van der Waals surface area (Å²) in [6, 6.07) is 1.09. The van der Waals surface area contributed by atoms with Gasteiger partial charge in [-0.3, -0.25) is 9.69 Å². The van der Waals surface area contributed by atoms with Crippen molar-refractivity contribution < 1.29 is 4.79 Å². The largest absolute Gasteiger partial charge is 0.355 e. The third kappa shape index (κ3) is 5.50. The van der Waals surface area contributed by atoms with E-state index < -0.39 is 0 Å². The van der Waals surface area contributed by atoms with Gasteiger partial charge in [-0.15, -0.1) is 0 Å². The first-order valence-electron chi connectivity index (χ1n) is 6.83. The van der Waals surface area contributed by atoms with Crippen LogP contribution in [0.4, 0.5) is 0 Å². The Morgan fingerprint density at radius 2 is 2.29 bits per heavy atom. The Morgan fingerprint density at radius 1 is 1.53 bits per heavy atom. The molecule has 1 rings (SSSR count). The Morgan fingerprint density at radius 3 is 2.88 bits per heavy atom. The Hall–Kier alpha value is -0.610. The molecule has 0 radical (unpaired) electrons. The van der Waals surface area contributed by atoms with Crippen molar-refractivity contribution in [3.05, 3.63) is 0 Å². The molecule has 1 aliphatic rings. The molecule has 1 heterocycles. The van der Waals surface area contributed by atoms with Gasteiger partial charge < -0.3 is 10.6 Å². The highest BCUT2D eigenvalue weighted by Gasteiger charge is 2.19. The second-order valence-corrected chi connectivity index (χ2v) is 5.10. The number of nitrogens with one attached hydrogen (secondary N) is 2. The van der Waals surface area contributed by atoms with Crippen molar-refractivity contribution in [3.63, 3.8) is 0 Å². The summed E-state index contributed by atoms with van der Waals surface area (Å²) in [6.45, 7) is 6.52. The molecule has 2 atom stereocenters. The van der Waals surface area contributed by atoms with Gasteiger partial charge >= 0.3 is 0 Å². The van der Waals surface area contributed by atoms with E-state index in [1.807, 2.05) is 14.0 Å². The standard InChI is InChI=1S/C13H27N3O/c1-4-14-13(17)10-16(3)11(2)9-12-7-5-6-8-15-12/h11-12,15H,4-10H2,1-3H3,(H,14,17). The van der Waals surface area contributed by atoms with Crippen molar-refractivity contribution in [1.82, 2.24) is 15.5 Å². The lowest BCUT2D eigenvalue weighted by Crippen LogP contribution is -2.43. The number of piperidine rings is 1. The fraction of sp³-hybridized carbons (Fsp3) is 0.923. The summed E-state index contributed by atoms with van der Waals surface area (Å²) < 4.78 is 0. The van der Waals surface area contributed by atoms with Gasteiger partial charge in [-0.05, 0) is 46.7 Å². The van der Waals surface area contributed by atoms with E-state index in [0.717, 1.165) is 13.0 Å². The minimum Gasteiger partial charge on any atom is -0.355 e. The monoisotopic (exact) mass is 241 g/mol. The SMILES string of the molecule is CCNC(=O)CN(C)C(C)CC1CCCCN1. The number of carbonyl (C=O) groups is 1. The van der Waals surface area contributed by atoms with Gasteiger partial charge in [0.25, 0.3) is 0 Å². The third-order valence-electron chi connectivity index (χ3n) is 3.56. The molecule has 0 saturated carbocycles. The zero-order valence-electron chi connectivity index (χ0n) is 11.5. The maximum absolute atomic E-state index is 11.5. The second kappa shape index (κ2) is 7.67. The van der Waals surface area contributed by atoms with Crippen LogP contribution in [-0.4, -0.2) is 49.6 Å². The molecule has 0 bridgehead atoms. The van der Waals surface area contributed by atoms with Crippen molar-refractivity contribution in [1.29, 1.82) is 0 Å². The summed E-state index contributed by atoms with van der Waals surface area (Å²) in [6.07, 6.45) is 5.05. The Labute approximate surface area is 105 Å². The molecule has 2 unspecified atom stereocenters. The molecule has 4 nitrogen and oxygen atoms in total. The fourth-order valence-electron chi connectivity index (χ4n) is 2.35. The quantitative estimate of drug-likeness (QED) is 0.728. The second-order valence-electron chi connectivity index (χ2n) is 5.10. The molecule has 0 aromatic heterocycles. The van der Waals surface area contributed by atoms with Crippen molar-refractivity contribution in [2.75, 3.05) is 26.7 Å². The zero-order valence-corrected chi connectivity index (χ0v) is 11.5. The number of amides is 1. The lowest BCUT2D eigenvalue weighted by atomic mass is 9.98. The zero-order chi connectivity index (χ0) is 12.7. The maximum atomic E-state index is 11.5. The number of hydrogen-bond donors (Lipinski definition) is 2. The smallest absolute Gasteiger partial charge is 0.234 e. The van der Waals surface area contributed by atoms with Crippen molar-refractivity contribution >= 4 is 5.91 Å². The van der Waals surface area contributed by atoms with E-state index in [1.54, 1.807) is 0 Å². The van der Waals surface area contributed by atoms with Crippen LogP contribution in [0, 0.1) is 0 Å². The fourth-order valence-corrected chi connectivity index (χ4v) is 2.35. The maximum Gasteiger partial charge on any atom is 0.234 e. The van der Waals surface area contributed by atoms with Crippen LogP contribution >= 0.6 is 0 Å². The predicted octanol–water partition coefficient (Wildman–Crippen LogP) is 0.975. The van der Waals surface area contributed by atoms with E-state index in [1.165, 1.54) is 19.3 Å². The molecule has 0 spiro atoms. The summed E-state index contributed by atoms with van der Waals surface area (Å²) in [5.74, 6) is 0.124. The summed E-state index contributed by atoms with van der Waals surface area (Å²) in [5, 5.41) is 6.39. The molecular weight excluding hydrogens is 214 g/mol. The average Bonchev–Trinajstić information content (AvgIpc) is 2.30. The van der Waals surface area contributed by atoms with Gasteiger partial charge in [0.15, 0.2) is 0 Å². The topological polar surface area (TPSA) is 44.4 Å². The highest BCUT2D eigenvalue weighted by Crippen LogP contribution is 2.14. The molecule has 0 aliphatic carbocycles. The Bertz CT molecular complexity index is 227. The number of rotatable bonds is 6. The normalized spacial score (nSPS) is 22.5.